The summed E-state index contributed by atoms with van der Waals surface area (Å²) in [5, 5.41) is 3.75. The number of benzene rings is 8. The van der Waals surface area contributed by atoms with E-state index in [0.29, 0.717) is 69.6 Å². The molecule has 0 unspecified atom stereocenters. The molecule has 6 heteroatoms. The maximum atomic E-state index is 14.8. The number of esters is 2. The molecular formula is C88H106O6. The minimum absolute atomic E-state index is 0.332. The number of carbonyl (C=O) groups is 2. The lowest BCUT2D eigenvalue weighted by atomic mass is 9.77. The third-order valence-corrected chi connectivity index (χ3v) is 22.4. The van der Waals surface area contributed by atoms with Crippen LogP contribution in [0.15, 0.2) is 158 Å². The van der Waals surface area contributed by atoms with Crippen molar-refractivity contribution in [3.8, 4) is 44.9 Å². The molecule has 0 atom stereocenters. The molecule has 0 N–H and O–H groups in total. The van der Waals surface area contributed by atoms with Gasteiger partial charge in [0.2, 0.25) is 0 Å². The summed E-state index contributed by atoms with van der Waals surface area (Å²) < 4.78 is 26.1. The van der Waals surface area contributed by atoms with Crippen LogP contribution in [0.25, 0.3) is 54.9 Å². The van der Waals surface area contributed by atoms with Crippen molar-refractivity contribution in [2.24, 2.45) is 11.8 Å². The van der Waals surface area contributed by atoms with Crippen LogP contribution < -0.4 is 9.47 Å². The summed E-state index contributed by atoms with van der Waals surface area (Å²) in [7, 11) is 0. The molecule has 4 aliphatic rings. The van der Waals surface area contributed by atoms with Gasteiger partial charge in [0, 0.05) is 24.3 Å². The normalized spacial score (nSPS) is 21.7. The van der Waals surface area contributed by atoms with Gasteiger partial charge < -0.3 is 18.9 Å². The third-order valence-electron chi connectivity index (χ3n) is 22.4. The summed E-state index contributed by atoms with van der Waals surface area (Å²) in [6.45, 7) is 10.8. The predicted octanol–water partition coefficient (Wildman–Crippen LogP) is 24.8. The van der Waals surface area contributed by atoms with E-state index in [2.05, 4.69) is 149 Å². The molecule has 0 spiro atoms. The van der Waals surface area contributed by atoms with E-state index < -0.39 is 11.9 Å². The maximum absolute atomic E-state index is 14.8. The Morgan fingerprint density at radius 2 is 0.660 bits per heavy atom. The van der Waals surface area contributed by atoms with E-state index >= 15 is 0 Å². The van der Waals surface area contributed by atoms with E-state index in [1.807, 2.05) is 36.4 Å². The number of carbonyl (C=O) groups excluding carboxylic acids is 2. The molecule has 12 rings (SSSR count). The van der Waals surface area contributed by atoms with E-state index in [1.54, 1.807) is 0 Å². The number of unbranched alkanes of at least 4 members (excludes halogenated alkanes) is 6. The standard InChI is InChI=1S/C88H106O6/c1-5-9-11-13-57-91-79-49-41-69(42-50-79)67-33-37-73(38-34-67)87(89)93-83-55-47-77-59-75(71-29-25-65(26-30-71)63-21-17-61(15-7-3)18-22-63)45-53-81(77)85(83)86-82-54-46-76(72-31-27-66(28-32-72)64-23-19-62(16-8-4)20-24-64)60-78(82)48-56-84(86)94-88(90)74-39-35-68(36-40-74)70-43-51-80(52-44-70)92-58-14-12-10-6-2/h25-40,45-48,53-56,59-64,69-70,79-80H,5-24,41-44,49-52,57-58H2,1-4H3. The molecule has 0 amide bonds. The average molecular weight is 1260 g/mol. The number of hydrogen-bond donors (Lipinski definition) is 0. The molecular weight excluding hydrogens is 1150 g/mol. The first-order valence-corrected chi connectivity index (χ1v) is 37.4. The molecule has 0 saturated heterocycles. The van der Waals surface area contributed by atoms with Crippen molar-refractivity contribution in [3.63, 3.8) is 0 Å². The van der Waals surface area contributed by atoms with Crippen LogP contribution in [0.4, 0.5) is 0 Å². The van der Waals surface area contributed by atoms with Crippen molar-refractivity contribution < 1.29 is 28.5 Å². The van der Waals surface area contributed by atoms with Gasteiger partial charge in [0.25, 0.3) is 0 Å². The molecule has 8 aromatic carbocycles. The van der Waals surface area contributed by atoms with Gasteiger partial charge >= 0.3 is 11.9 Å². The minimum Gasteiger partial charge on any atom is -0.422 e. The lowest BCUT2D eigenvalue weighted by Gasteiger charge is -2.29. The topological polar surface area (TPSA) is 71.1 Å². The summed E-state index contributed by atoms with van der Waals surface area (Å²) in [6.07, 6.45) is 34.5. The van der Waals surface area contributed by atoms with Crippen LogP contribution in [0.1, 0.15) is 274 Å². The molecule has 0 radical (unpaired) electrons. The van der Waals surface area contributed by atoms with Gasteiger partial charge in [-0.1, -0.05) is 201 Å². The molecule has 4 aliphatic carbocycles. The van der Waals surface area contributed by atoms with Gasteiger partial charge in [0.1, 0.15) is 11.5 Å². The summed E-state index contributed by atoms with van der Waals surface area (Å²) in [5.74, 6) is 3.73. The third kappa shape index (κ3) is 16.8. The van der Waals surface area contributed by atoms with E-state index in [1.165, 1.54) is 138 Å². The number of rotatable bonds is 27. The predicted molar refractivity (Wildman–Crippen MR) is 390 cm³/mol. The molecule has 8 aromatic rings. The first-order valence-electron chi connectivity index (χ1n) is 37.4. The second-order valence-electron chi connectivity index (χ2n) is 28.8. The largest absolute Gasteiger partial charge is 0.422 e. The highest BCUT2D eigenvalue weighted by molar-refractivity contribution is 6.12. The molecule has 0 aliphatic heterocycles. The first-order chi connectivity index (χ1) is 46.2. The summed E-state index contributed by atoms with van der Waals surface area (Å²) in [5.41, 5.74) is 12.3. The van der Waals surface area contributed by atoms with Crippen molar-refractivity contribution >= 4 is 33.5 Å². The van der Waals surface area contributed by atoms with Gasteiger partial charge in [-0.05, 0) is 266 Å². The molecule has 94 heavy (non-hydrogen) atoms. The number of ether oxygens (including phenoxy) is 4. The Labute approximate surface area is 563 Å². The number of hydrogen-bond acceptors (Lipinski definition) is 6. The number of fused-ring (bicyclic) bond motifs is 2. The van der Waals surface area contributed by atoms with Gasteiger partial charge in [-0.15, -0.1) is 0 Å². The highest BCUT2D eigenvalue weighted by Crippen LogP contribution is 2.49. The van der Waals surface area contributed by atoms with E-state index in [-0.39, 0.29) is 0 Å². The fourth-order valence-corrected chi connectivity index (χ4v) is 16.7. The van der Waals surface area contributed by atoms with Gasteiger partial charge in [0.05, 0.1) is 23.3 Å². The van der Waals surface area contributed by atoms with Crippen LogP contribution >= 0.6 is 0 Å². The van der Waals surface area contributed by atoms with Crippen molar-refractivity contribution in [2.45, 2.75) is 243 Å². The van der Waals surface area contributed by atoms with Crippen LogP contribution in [0.5, 0.6) is 11.5 Å². The monoisotopic (exact) mass is 1260 g/mol. The van der Waals surface area contributed by atoms with Crippen LogP contribution in [0.2, 0.25) is 0 Å². The second kappa shape index (κ2) is 33.2. The zero-order valence-corrected chi connectivity index (χ0v) is 57.3. The van der Waals surface area contributed by atoms with Gasteiger partial charge in [-0.3, -0.25) is 0 Å². The Morgan fingerprint density at radius 3 is 1.00 bits per heavy atom. The zero-order chi connectivity index (χ0) is 64.6. The van der Waals surface area contributed by atoms with Gasteiger partial charge in [-0.2, -0.15) is 0 Å². The van der Waals surface area contributed by atoms with Crippen LogP contribution in [0.3, 0.4) is 0 Å². The SMILES string of the molecule is CCCCCCOC1CCC(c2ccc(C(=O)Oc3ccc4cc(-c5ccc(C6CCC(CCC)CC6)cc5)ccc4c3-c3c(OC(=O)c4ccc(C5CCC(OCCCCCC)CC5)cc4)ccc4cc(-c5ccc(C6CCC(CCC)CC6)cc5)ccc34)cc2)CC1. The van der Waals surface area contributed by atoms with Crippen molar-refractivity contribution in [1.82, 2.24) is 0 Å². The zero-order valence-electron chi connectivity index (χ0n) is 57.3. The highest BCUT2D eigenvalue weighted by atomic mass is 16.5. The lowest BCUT2D eigenvalue weighted by molar-refractivity contribution is 0.0225. The molecule has 494 valence electrons. The molecule has 4 saturated carbocycles. The van der Waals surface area contributed by atoms with E-state index in [9.17, 15) is 9.59 Å². The molecule has 0 bridgehead atoms. The summed E-state index contributed by atoms with van der Waals surface area (Å²) >= 11 is 0. The Hall–Kier alpha value is -6.86. The minimum atomic E-state index is -0.440. The fourth-order valence-electron chi connectivity index (χ4n) is 16.7. The Bertz CT molecular complexity index is 3450. The van der Waals surface area contributed by atoms with Crippen molar-refractivity contribution in [1.29, 1.82) is 0 Å². The van der Waals surface area contributed by atoms with Gasteiger partial charge in [0.15, 0.2) is 0 Å². The highest BCUT2D eigenvalue weighted by Gasteiger charge is 2.29. The van der Waals surface area contributed by atoms with E-state index in [4.69, 9.17) is 18.9 Å². The van der Waals surface area contributed by atoms with Crippen molar-refractivity contribution in [2.75, 3.05) is 13.2 Å². The second-order valence-corrected chi connectivity index (χ2v) is 28.8. The maximum Gasteiger partial charge on any atom is 0.343 e. The quantitative estimate of drug-likeness (QED) is 0.0290. The first kappa shape index (κ1) is 67.1. The fraction of sp³-hybridized carbons (Fsp3) is 0.477. The Morgan fingerprint density at radius 1 is 0.330 bits per heavy atom. The van der Waals surface area contributed by atoms with Crippen LogP contribution in [-0.2, 0) is 9.47 Å². The lowest BCUT2D eigenvalue weighted by Crippen LogP contribution is -2.21. The van der Waals surface area contributed by atoms with Crippen LogP contribution in [-0.4, -0.2) is 37.4 Å². The van der Waals surface area contributed by atoms with E-state index in [0.717, 1.165) is 133 Å². The Kier molecular flexibility index (Phi) is 23.7. The average Bonchev–Trinajstić information content (AvgIpc) is 0.750. The molecule has 6 nitrogen and oxygen atoms in total. The molecule has 0 aromatic heterocycles. The van der Waals surface area contributed by atoms with Crippen LogP contribution in [0, 0.1) is 11.8 Å². The summed E-state index contributed by atoms with van der Waals surface area (Å²) in [6, 6.07) is 56.1. The smallest absolute Gasteiger partial charge is 0.343 e. The molecule has 4 fully saturated rings. The van der Waals surface area contributed by atoms with Crippen molar-refractivity contribution in [3.05, 3.63) is 191 Å². The molecule has 0 heterocycles. The summed E-state index contributed by atoms with van der Waals surface area (Å²) in [4.78, 5) is 29.7. The Balaban J connectivity index is 0.872. The van der Waals surface area contributed by atoms with Gasteiger partial charge in [-0.25, -0.2) is 9.59 Å².